The molecule has 2 aromatic rings. The highest BCUT2D eigenvalue weighted by molar-refractivity contribution is 5.96. The summed E-state index contributed by atoms with van der Waals surface area (Å²) in [4.78, 5) is 21.5. The highest BCUT2D eigenvalue weighted by Gasteiger charge is 2.19. The van der Waals surface area contributed by atoms with Crippen LogP contribution in [0.15, 0.2) is 60.0 Å². The molecule has 0 saturated heterocycles. The van der Waals surface area contributed by atoms with Crippen LogP contribution in [0.25, 0.3) is 5.70 Å². The molecule has 0 spiro atoms. The zero-order valence-electron chi connectivity index (χ0n) is 11.8. The fraction of sp³-hybridized carbons (Fsp3) is 0.0625. The van der Waals surface area contributed by atoms with Gasteiger partial charge in [-0.15, -0.1) is 0 Å². The molecule has 0 aliphatic carbocycles. The lowest BCUT2D eigenvalue weighted by atomic mass is 10.1. The van der Waals surface area contributed by atoms with Crippen LogP contribution in [0.4, 0.5) is 5.69 Å². The first-order valence-corrected chi connectivity index (χ1v) is 6.75. The smallest absolute Gasteiger partial charge is 0.248 e. The minimum absolute atomic E-state index is 0.450. The van der Waals surface area contributed by atoms with Crippen molar-refractivity contribution in [3.8, 4) is 0 Å². The Hall–Kier alpha value is -3.15. The lowest BCUT2D eigenvalue weighted by Gasteiger charge is -2.29. The number of nitrogens with zero attached hydrogens (tertiary/aromatic N) is 3. The van der Waals surface area contributed by atoms with Crippen molar-refractivity contribution in [1.29, 1.82) is 0 Å². The third-order valence-corrected chi connectivity index (χ3v) is 3.38. The van der Waals surface area contributed by atoms with Crippen LogP contribution in [0.3, 0.4) is 0 Å². The first-order chi connectivity index (χ1) is 10.6. The Morgan fingerprint density at radius 2 is 1.95 bits per heavy atom. The number of hydrogen-bond acceptors (Lipinski definition) is 5. The number of carbonyl (C=O) groups is 1. The standard InChI is InChI=1S/C16H15N5O/c17-15-10-21(13-5-3-11(4-6-13)16(18)22)14(9-20-15)12-2-1-7-19-8-12/h1-9H,10H2,(H2,17,20)(H2,18,22). The molecule has 110 valence electrons. The van der Waals surface area contributed by atoms with Gasteiger partial charge in [0.1, 0.15) is 5.84 Å². The number of rotatable bonds is 3. The van der Waals surface area contributed by atoms with Gasteiger partial charge in [0, 0.05) is 29.2 Å². The van der Waals surface area contributed by atoms with Gasteiger partial charge < -0.3 is 16.4 Å². The third-order valence-electron chi connectivity index (χ3n) is 3.38. The Bertz CT molecular complexity index is 750. The number of anilines is 1. The van der Waals surface area contributed by atoms with E-state index in [1.807, 2.05) is 29.2 Å². The summed E-state index contributed by atoms with van der Waals surface area (Å²) in [6.07, 6.45) is 5.21. The second-order valence-electron chi connectivity index (χ2n) is 4.87. The van der Waals surface area contributed by atoms with Crippen LogP contribution >= 0.6 is 0 Å². The Morgan fingerprint density at radius 3 is 2.59 bits per heavy atom. The predicted molar refractivity (Wildman–Crippen MR) is 86.1 cm³/mol. The number of amides is 1. The third kappa shape index (κ3) is 2.67. The molecule has 1 aromatic heterocycles. The quantitative estimate of drug-likeness (QED) is 0.892. The van der Waals surface area contributed by atoms with E-state index >= 15 is 0 Å². The molecule has 6 heteroatoms. The number of carbonyl (C=O) groups excluding carboxylic acids is 1. The maximum atomic E-state index is 11.2. The van der Waals surface area contributed by atoms with Crippen LogP contribution in [-0.4, -0.2) is 23.3 Å². The Balaban J connectivity index is 1.99. The summed E-state index contributed by atoms with van der Waals surface area (Å²) in [5, 5.41) is 0. The number of aromatic nitrogens is 1. The van der Waals surface area contributed by atoms with Gasteiger partial charge in [-0.25, -0.2) is 4.99 Å². The normalized spacial score (nSPS) is 14.3. The van der Waals surface area contributed by atoms with Gasteiger partial charge in [0.05, 0.1) is 18.4 Å². The van der Waals surface area contributed by atoms with Gasteiger partial charge in [0.15, 0.2) is 0 Å². The molecule has 0 fully saturated rings. The van der Waals surface area contributed by atoms with Crippen LogP contribution in [0.1, 0.15) is 15.9 Å². The van der Waals surface area contributed by atoms with Crippen LogP contribution in [0, 0.1) is 0 Å². The molecule has 4 N–H and O–H groups in total. The van der Waals surface area contributed by atoms with Crippen molar-refractivity contribution in [1.82, 2.24) is 4.98 Å². The molecule has 0 bridgehead atoms. The van der Waals surface area contributed by atoms with Crippen LogP contribution in [0.2, 0.25) is 0 Å². The summed E-state index contributed by atoms with van der Waals surface area (Å²) in [7, 11) is 0. The van der Waals surface area contributed by atoms with Crippen molar-refractivity contribution >= 4 is 23.1 Å². The predicted octanol–water partition coefficient (Wildman–Crippen LogP) is 1.36. The Morgan fingerprint density at radius 1 is 1.18 bits per heavy atom. The van der Waals surface area contributed by atoms with E-state index in [1.54, 1.807) is 30.7 Å². The maximum Gasteiger partial charge on any atom is 0.248 e. The lowest BCUT2D eigenvalue weighted by Crippen LogP contribution is -2.35. The summed E-state index contributed by atoms with van der Waals surface area (Å²) in [6, 6.07) is 10.9. The molecule has 22 heavy (non-hydrogen) atoms. The molecule has 1 aromatic carbocycles. The first-order valence-electron chi connectivity index (χ1n) is 6.75. The molecular weight excluding hydrogens is 278 g/mol. The zero-order chi connectivity index (χ0) is 15.5. The highest BCUT2D eigenvalue weighted by Crippen LogP contribution is 2.27. The van der Waals surface area contributed by atoms with Crippen molar-refractivity contribution in [3.05, 3.63) is 66.1 Å². The van der Waals surface area contributed by atoms with Crippen LogP contribution in [-0.2, 0) is 0 Å². The summed E-state index contributed by atoms with van der Waals surface area (Å²) in [5.41, 5.74) is 14.3. The number of aliphatic imine (C=N–C) groups is 1. The lowest BCUT2D eigenvalue weighted by molar-refractivity contribution is 0.100. The minimum Gasteiger partial charge on any atom is -0.386 e. The van der Waals surface area contributed by atoms with E-state index in [1.165, 1.54) is 0 Å². The molecule has 0 unspecified atom stereocenters. The SMILES string of the molecule is NC(=O)c1ccc(N2CC(N)=NC=C2c2cccnc2)cc1. The molecule has 2 heterocycles. The van der Waals surface area contributed by atoms with Crippen molar-refractivity contribution in [2.24, 2.45) is 16.5 Å². The van der Waals surface area contributed by atoms with E-state index < -0.39 is 5.91 Å². The second-order valence-corrected chi connectivity index (χ2v) is 4.87. The average molecular weight is 293 g/mol. The van der Waals surface area contributed by atoms with E-state index in [4.69, 9.17) is 11.5 Å². The Labute approximate surface area is 127 Å². The number of benzene rings is 1. The number of primary amides is 1. The molecule has 1 aliphatic rings. The largest absolute Gasteiger partial charge is 0.386 e. The van der Waals surface area contributed by atoms with Gasteiger partial charge in [0.25, 0.3) is 0 Å². The van der Waals surface area contributed by atoms with Crippen molar-refractivity contribution < 1.29 is 4.79 Å². The van der Waals surface area contributed by atoms with E-state index in [0.29, 0.717) is 17.9 Å². The molecule has 6 nitrogen and oxygen atoms in total. The molecule has 1 amide bonds. The molecule has 0 saturated carbocycles. The second kappa shape index (κ2) is 5.69. The summed E-state index contributed by atoms with van der Waals surface area (Å²) in [6.45, 7) is 0.469. The number of hydrogen-bond donors (Lipinski definition) is 2. The fourth-order valence-corrected chi connectivity index (χ4v) is 2.28. The van der Waals surface area contributed by atoms with Gasteiger partial charge in [-0.1, -0.05) is 0 Å². The molecule has 3 rings (SSSR count). The summed E-state index contributed by atoms with van der Waals surface area (Å²) in [5.74, 6) is 0.0703. The topological polar surface area (TPSA) is 97.6 Å². The van der Waals surface area contributed by atoms with Crippen molar-refractivity contribution in [2.45, 2.75) is 0 Å². The van der Waals surface area contributed by atoms with Crippen LogP contribution < -0.4 is 16.4 Å². The van der Waals surface area contributed by atoms with Gasteiger partial charge in [-0.2, -0.15) is 0 Å². The van der Waals surface area contributed by atoms with Gasteiger partial charge in [0.2, 0.25) is 5.91 Å². The molecule has 1 aliphatic heterocycles. The molecule has 0 radical (unpaired) electrons. The van der Waals surface area contributed by atoms with E-state index in [0.717, 1.165) is 16.9 Å². The van der Waals surface area contributed by atoms with E-state index in [2.05, 4.69) is 9.98 Å². The monoisotopic (exact) mass is 293 g/mol. The van der Waals surface area contributed by atoms with Gasteiger partial charge in [-0.05, 0) is 36.4 Å². The number of pyridine rings is 1. The number of nitrogens with two attached hydrogens (primary N) is 2. The molecular formula is C16H15N5O. The first kappa shape index (κ1) is 13.8. The zero-order valence-corrected chi connectivity index (χ0v) is 11.8. The van der Waals surface area contributed by atoms with Crippen LogP contribution in [0.5, 0.6) is 0 Å². The van der Waals surface area contributed by atoms with Gasteiger partial charge in [-0.3, -0.25) is 9.78 Å². The average Bonchev–Trinajstić information content (AvgIpc) is 2.55. The van der Waals surface area contributed by atoms with Crippen molar-refractivity contribution in [3.63, 3.8) is 0 Å². The van der Waals surface area contributed by atoms with Gasteiger partial charge >= 0.3 is 0 Å². The molecule has 0 atom stereocenters. The van der Waals surface area contributed by atoms with Crippen molar-refractivity contribution in [2.75, 3.05) is 11.4 Å². The number of amidine groups is 1. The highest BCUT2D eigenvalue weighted by atomic mass is 16.1. The fourth-order valence-electron chi connectivity index (χ4n) is 2.28. The summed E-state index contributed by atoms with van der Waals surface area (Å²) >= 11 is 0. The summed E-state index contributed by atoms with van der Waals surface area (Å²) < 4.78 is 0. The minimum atomic E-state index is -0.450. The van der Waals surface area contributed by atoms with E-state index in [9.17, 15) is 4.79 Å². The maximum absolute atomic E-state index is 11.2. The Kier molecular flexibility index (Phi) is 3.57. The van der Waals surface area contributed by atoms with E-state index in [-0.39, 0.29) is 0 Å².